The molecular formula is C16H17Cl2NO. The Morgan fingerprint density at radius 3 is 2.25 bits per heavy atom. The van der Waals surface area contributed by atoms with Crippen LogP contribution in [0.1, 0.15) is 18.1 Å². The summed E-state index contributed by atoms with van der Waals surface area (Å²) >= 11 is 12.0. The van der Waals surface area contributed by atoms with Crippen LogP contribution in [0.15, 0.2) is 42.5 Å². The predicted molar refractivity (Wildman–Crippen MR) is 84.7 cm³/mol. The van der Waals surface area contributed by atoms with Gasteiger partial charge in [-0.1, -0.05) is 35.3 Å². The second-order valence-electron chi connectivity index (χ2n) is 5.06. The molecule has 0 heterocycles. The van der Waals surface area contributed by atoms with Crippen molar-refractivity contribution in [1.82, 2.24) is 0 Å². The molecule has 0 aliphatic rings. The number of methoxy groups -OCH3 is 1. The van der Waals surface area contributed by atoms with Crippen LogP contribution in [-0.4, -0.2) is 7.11 Å². The Bertz CT molecular complexity index is 594. The van der Waals surface area contributed by atoms with Crippen LogP contribution in [0.4, 0.5) is 0 Å². The van der Waals surface area contributed by atoms with Crippen LogP contribution in [0.3, 0.4) is 0 Å². The van der Waals surface area contributed by atoms with E-state index in [1.807, 2.05) is 43.3 Å². The van der Waals surface area contributed by atoms with Gasteiger partial charge in [-0.3, -0.25) is 0 Å². The molecule has 2 aromatic rings. The summed E-state index contributed by atoms with van der Waals surface area (Å²) in [4.78, 5) is 0. The van der Waals surface area contributed by atoms with E-state index >= 15 is 0 Å². The lowest BCUT2D eigenvalue weighted by Crippen LogP contribution is -2.35. The molecule has 0 saturated carbocycles. The smallest absolute Gasteiger partial charge is 0.122 e. The quantitative estimate of drug-likeness (QED) is 0.907. The molecule has 0 aliphatic heterocycles. The first kappa shape index (κ1) is 15.2. The fourth-order valence-electron chi connectivity index (χ4n) is 2.21. The van der Waals surface area contributed by atoms with Gasteiger partial charge >= 0.3 is 0 Å². The maximum atomic E-state index is 6.45. The number of nitrogens with two attached hydrogens (primary N) is 1. The van der Waals surface area contributed by atoms with Gasteiger partial charge in [0.2, 0.25) is 0 Å². The number of hydrogen-bond acceptors (Lipinski definition) is 2. The number of ether oxygens (including phenoxy) is 1. The van der Waals surface area contributed by atoms with Gasteiger partial charge in [0.1, 0.15) is 5.75 Å². The first-order valence-corrected chi connectivity index (χ1v) is 7.05. The number of hydrogen-bond donors (Lipinski definition) is 1. The van der Waals surface area contributed by atoms with Crippen molar-refractivity contribution in [3.8, 4) is 5.75 Å². The summed E-state index contributed by atoms with van der Waals surface area (Å²) in [5, 5.41) is 1.37. The second kappa shape index (κ2) is 6.04. The molecule has 2 nitrogen and oxygen atoms in total. The van der Waals surface area contributed by atoms with E-state index in [1.54, 1.807) is 13.2 Å². The average Bonchev–Trinajstić information content (AvgIpc) is 2.39. The minimum Gasteiger partial charge on any atom is -0.496 e. The van der Waals surface area contributed by atoms with Crippen molar-refractivity contribution in [1.29, 1.82) is 0 Å². The Balaban J connectivity index is 2.32. The summed E-state index contributed by atoms with van der Waals surface area (Å²) in [5.74, 6) is 0.792. The molecule has 106 valence electrons. The molecule has 1 unspecified atom stereocenters. The molecule has 0 spiro atoms. The highest BCUT2D eigenvalue weighted by atomic mass is 35.5. The molecule has 0 radical (unpaired) electrons. The van der Waals surface area contributed by atoms with E-state index in [0.29, 0.717) is 16.5 Å². The highest BCUT2D eigenvalue weighted by molar-refractivity contribution is 6.30. The highest BCUT2D eigenvalue weighted by Gasteiger charge is 2.23. The molecule has 0 saturated heterocycles. The van der Waals surface area contributed by atoms with Gasteiger partial charge in [-0.05, 0) is 54.8 Å². The fraction of sp³-hybridized carbons (Fsp3) is 0.250. The fourth-order valence-corrected chi connectivity index (χ4v) is 2.53. The number of halogens is 2. The Hall–Kier alpha value is -1.22. The monoisotopic (exact) mass is 309 g/mol. The lowest BCUT2D eigenvalue weighted by Gasteiger charge is -2.26. The lowest BCUT2D eigenvalue weighted by atomic mass is 9.86. The van der Waals surface area contributed by atoms with E-state index in [1.165, 1.54) is 0 Å². The Labute approximate surface area is 129 Å². The third-order valence-corrected chi connectivity index (χ3v) is 3.79. The first-order valence-electron chi connectivity index (χ1n) is 6.30. The summed E-state index contributed by atoms with van der Waals surface area (Å²) in [7, 11) is 1.64. The van der Waals surface area contributed by atoms with Gasteiger partial charge in [0.05, 0.1) is 7.11 Å². The molecule has 2 aromatic carbocycles. The van der Waals surface area contributed by atoms with Gasteiger partial charge in [-0.2, -0.15) is 0 Å². The van der Waals surface area contributed by atoms with Crippen LogP contribution in [0.5, 0.6) is 5.75 Å². The standard InChI is InChI=1S/C16H17Cl2NO/c1-16(19,12-3-5-13(17)6-4-12)10-11-9-14(18)7-8-15(11)20-2/h3-9H,10,19H2,1-2H3. The highest BCUT2D eigenvalue weighted by Crippen LogP contribution is 2.30. The summed E-state index contributed by atoms with van der Waals surface area (Å²) < 4.78 is 5.37. The number of benzene rings is 2. The largest absolute Gasteiger partial charge is 0.496 e. The third-order valence-electron chi connectivity index (χ3n) is 3.30. The first-order chi connectivity index (χ1) is 9.42. The van der Waals surface area contributed by atoms with E-state index in [4.69, 9.17) is 33.7 Å². The average molecular weight is 310 g/mol. The molecular weight excluding hydrogens is 293 g/mol. The van der Waals surface area contributed by atoms with Gasteiger partial charge in [0, 0.05) is 15.6 Å². The molecule has 0 aromatic heterocycles. The van der Waals surface area contributed by atoms with E-state index < -0.39 is 5.54 Å². The zero-order valence-corrected chi connectivity index (χ0v) is 13.0. The molecule has 0 aliphatic carbocycles. The normalized spacial score (nSPS) is 13.8. The topological polar surface area (TPSA) is 35.2 Å². The van der Waals surface area contributed by atoms with Gasteiger partial charge in [-0.15, -0.1) is 0 Å². The van der Waals surface area contributed by atoms with Crippen molar-refractivity contribution in [2.75, 3.05) is 7.11 Å². The van der Waals surface area contributed by atoms with E-state index in [2.05, 4.69) is 0 Å². The molecule has 1 atom stereocenters. The maximum absolute atomic E-state index is 6.45. The van der Waals surface area contributed by atoms with Gasteiger partial charge < -0.3 is 10.5 Å². The zero-order valence-electron chi connectivity index (χ0n) is 11.5. The van der Waals surface area contributed by atoms with Crippen molar-refractivity contribution in [2.45, 2.75) is 18.9 Å². The predicted octanol–water partition coefficient (Wildman–Crippen LogP) is 4.42. The summed E-state index contributed by atoms with van der Waals surface area (Å²) in [6.45, 7) is 1.98. The zero-order chi connectivity index (χ0) is 14.8. The Kier molecular flexibility index (Phi) is 4.59. The van der Waals surface area contributed by atoms with Crippen molar-refractivity contribution < 1.29 is 4.74 Å². The minimum atomic E-state index is -0.525. The van der Waals surface area contributed by atoms with E-state index in [9.17, 15) is 0 Å². The van der Waals surface area contributed by atoms with E-state index in [-0.39, 0.29) is 0 Å². The summed E-state index contributed by atoms with van der Waals surface area (Å²) in [6.07, 6.45) is 0.623. The van der Waals surface area contributed by atoms with Crippen molar-refractivity contribution in [2.24, 2.45) is 5.73 Å². The van der Waals surface area contributed by atoms with Crippen molar-refractivity contribution in [3.05, 3.63) is 63.6 Å². The summed E-state index contributed by atoms with van der Waals surface area (Å²) in [5.41, 5.74) is 7.93. The molecule has 0 fully saturated rings. The molecule has 0 amide bonds. The third kappa shape index (κ3) is 3.45. The summed E-state index contributed by atoms with van der Waals surface area (Å²) in [6, 6.07) is 13.1. The van der Waals surface area contributed by atoms with Gasteiger partial charge in [-0.25, -0.2) is 0 Å². The number of rotatable bonds is 4. The van der Waals surface area contributed by atoms with E-state index in [0.717, 1.165) is 16.9 Å². The Morgan fingerprint density at radius 2 is 1.65 bits per heavy atom. The van der Waals surface area contributed by atoms with Gasteiger partial charge in [0.15, 0.2) is 0 Å². The van der Waals surface area contributed by atoms with Crippen molar-refractivity contribution >= 4 is 23.2 Å². The van der Waals surface area contributed by atoms with Crippen LogP contribution < -0.4 is 10.5 Å². The second-order valence-corrected chi connectivity index (χ2v) is 5.93. The van der Waals surface area contributed by atoms with Crippen LogP contribution in [-0.2, 0) is 12.0 Å². The van der Waals surface area contributed by atoms with Crippen molar-refractivity contribution in [3.63, 3.8) is 0 Å². The Morgan fingerprint density at radius 1 is 1.05 bits per heavy atom. The van der Waals surface area contributed by atoms with Crippen LogP contribution >= 0.6 is 23.2 Å². The van der Waals surface area contributed by atoms with Crippen LogP contribution in [0.2, 0.25) is 10.0 Å². The van der Waals surface area contributed by atoms with Gasteiger partial charge in [0.25, 0.3) is 0 Å². The van der Waals surface area contributed by atoms with Crippen LogP contribution in [0.25, 0.3) is 0 Å². The molecule has 0 bridgehead atoms. The minimum absolute atomic E-state index is 0.525. The molecule has 2 N–H and O–H groups in total. The molecule has 2 rings (SSSR count). The maximum Gasteiger partial charge on any atom is 0.122 e. The molecule has 20 heavy (non-hydrogen) atoms. The van der Waals surface area contributed by atoms with Crippen LogP contribution in [0, 0.1) is 0 Å². The lowest BCUT2D eigenvalue weighted by molar-refractivity contribution is 0.400. The SMILES string of the molecule is COc1ccc(Cl)cc1CC(C)(N)c1ccc(Cl)cc1. The molecule has 4 heteroatoms.